The Bertz CT molecular complexity index is 390. The number of rotatable bonds is 3. The first-order valence-corrected chi connectivity index (χ1v) is 6.96. The van der Waals surface area contributed by atoms with Gasteiger partial charge in [-0.15, -0.1) is 0 Å². The number of hydrogen-bond acceptors (Lipinski definition) is 2. The Morgan fingerprint density at radius 1 is 1.50 bits per heavy atom. The standard InChI is InChI=1S/C12H18BrF2N3/c1-16-10(11-9(13)7-17-18(11)2)8-3-5-12(14,15)6-4-8/h7-8,10,16H,3-6H2,1-2H3. The van der Waals surface area contributed by atoms with Crippen molar-refractivity contribution in [3.8, 4) is 0 Å². The molecule has 1 aliphatic rings. The van der Waals surface area contributed by atoms with E-state index in [1.807, 2.05) is 14.1 Å². The molecule has 0 aliphatic heterocycles. The summed E-state index contributed by atoms with van der Waals surface area (Å²) in [6.45, 7) is 0. The first-order chi connectivity index (χ1) is 8.44. The van der Waals surface area contributed by atoms with Crippen LogP contribution in [-0.2, 0) is 7.05 Å². The molecule has 1 atom stereocenters. The number of hydrogen-bond donors (Lipinski definition) is 1. The number of nitrogens with zero attached hydrogens (tertiary/aromatic N) is 2. The summed E-state index contributed by atoms with van der Waals surface area (Å²) >= 11 is 3.48. The van der Waals surface area contributed by atoms with Crippen molar-refractivity contribution in [3.63, 3.8) is 0 Å². The van der Waals surface area contributed by atoms with Crippen LogP contribution in [0.25, 0.3) is 0 Å². The van der Waals surface area contributed by atoms with Crippen LogP contribution < -0.4 is 5.32 Å². The molecule has 1 saturated carbocycles. The van der Waals surface area contributed by atoms with Crippen LogP contribution in [0.4, 0.5) is 8.78 Å². The maximum atomic E-state index is 13.2. The van der Waals surface area contributed by atoms with E-state index in [9.17, 15) is 8.78 Å². The first kappa shape index (κ1) is 13.9. The topological polar surface area (TPSA) is 29.9 Å². The molecule has 0 aromatic carbocycles. The van der Waals surface area contributed by atoms with Crippen LogP contribution in [0.1, 0.15) is 37.4 Å². The average Bonchev–Trinajstić information content (AvgIpc) is 2.64. The van der Waals surface area contributed by atoms with Crippen LogP contribution in [0.5, 0.6) is 0 Å². The Morgan fingerprint density at radius 3 is 2.56 bits per heavy atom. The van der Waals surface area contributed by atoms with E-state index in [1.165, 1.54) is 0 Å². The molecule has 1 heterocycles. The highest BCUT2D eigenvalue weighted by molar-refractivity contribution is 9.10. The van der Waals surface area contributed by atoms with Crippen molar-refractivity contribution in [2.24, 2.45) is 13.0 Å². The molecule has 1 aromatic heterocycles. The molecular formula is C12H18BrF2N3. The second-order valence-corrected chi connectivity index (χ2v) is 5.82. The lowest BCUT2D eigenvalue weighted by Crippen LogP contribution is -2.33. The van der Waals surface area contributed by atoms with E-state index in [0.717, 1.165) is 10.2 Å². The number of halogens is 3. The van der Waals surface area contributed by atoms with Crippen LogP contribution >= 0.6 is 15.9 Å². The smallest absolute Gasteiger partial charge is 0.248 e. The minimum Gasteiger partial charge on any atom is -0.311 e. The molecule has 0 spiro atoms. The van der Waals surface area contributed by atoms with Crippen LogP contribution in [0.3, 0.4) is 0 Å². The van der Waals surface area contributed by atoms with E-state index >= 15 is 0 Å². The third-order valence-corrected chi connectivity index (χ3v) is 4.39. The zero-order chi connectivity index (χ0) is 13.3. The minimum absolute atomic E-state index is 0.00861. The number of aromatic nitrogens is 2. The van der Waals surface area contributed by atoms with Crippen LogP contribution in [0, 0.1) is 5.92 Å². The van der Waals surface area contributed by atoms with Gasteiger partial charge >= 0.3 is 0 Å². The SMILES string of the molecule is CNC(c1c(Br)cnn1C)C1CCC(F)(F)CC1. The van der Waals surface area contributed by atoms with Gasteiger partial charge in [-0.3, -0.25) is 4.68 Å². The zero-order valence-corrected chi connectivity index (χ0v) is 12.2. The molecular weight excluding hydrogens is 304 g/mol. The summed E-state index contributed by atoms with van der Waals surface area (Å²) in [4.78, 5) is 0. The third kappa shape index (κ3) is 2.74. The molecule has 6 heteroatoms. The predicted octanol–water partition coefficient (Wildman–Crippen LogP) is 3.27. The summed E-state index contributed by atoms with van der Waals surface area (Å²) in [6.07, 6.45) is 2.83. The largest absolute Gasteiger partial charge is 0.311 e. The van der Waals surface area contributed by atoms with Gasteiger partial charge in [0.05, 0.1) is 22.4 Å². The Kier molecular flexibility index (Phi) is 4.06. The van der Waals surface area contributed by atoms with E-state index in [2.05, 4.69) is 26.3 Å². The molecule has 3 nitrogen and oxygen atoms in total. The van der Waals surface area contributed by atoms with Gasteiger partial charge in [-0.25, -0.2) is 8.78 Å². The Balaban J connectivity index is 2.15. The summed E-state index contributed by atoms with van der Waals surface area (Å²) in [5.41, 5.74) is 1.03. The molecule has 0 radical (unpaired) electrons. The number of aryl methyl sites for hydroxylation is 1. The van der Waals surface area contributed by atoms with E-state index in [1.54, 1.807) is 10.9 Å². The normalized spacial score (nSPS) is 22.1. The highest BCUT2D eigenvalue weighted by atomic mass is 79.9. The van der Waals surface area contributed by atoms with Gasteiger partial charge in [0.15, 0.2) is 0 Å². The highest BCUT2D eigenvalue weighted by Crippen LogP contribution is 2.42. The Hall–Kier alpha value is -0.490. The molecule has 0 saturated heterocycles. The fourth-order valence-corrected chi connectivity index (χ4v) is 3.36. The summed E-state index contributed by atoms with van der Waals surface area (Å²) in [7, 11) is 3.75. The van der Waals surface area contributed by atoms with Crippen LogP contribution in [0.2, 0.25) is 0 Å². The lowest BCUT2D eigenvalue weighted by atomic mass is 9.81. The van der Waals surface area contributed by atoms with Crippen molar-refractivity contribution < 1.29 is 8.78 Å². The fourth-order valence-electron chi connectivity index (χ4n) is 2.76. The summed E-state index contributed by atoms with van der Waals surface area (Å²) in [5, 5.41) is 7.44. The summed E-state index contributed by atoms with van der Waals surface area (Å²) in [6, 6.07) is 0.0722. The minimum atomic E-state index is -2.47. The predicted molar refractivity (Wildman–Crippen MR) is 69.6 cm³/mol. The highest BCUT2D eigenvalue weighted by Gasteiger charge is 2.38. The molecule has 1 aromatic rings. The summed E-state index contributed by atoms with van der Waals surface area (Å²) < 4.78 is 29.1. The molecule has 102 valence electrons. The summed E-state index contributed by atoms with van der Waals surface area (Å²) in [5.74, 6) is -2.24. The zero-order valence-electron chi connectivity index (χ0n) is 10.6. The molecule has 0 bridgehead atoms. The van der Waals surface area contributed by atoms with E-state index in [0.29, 0.717) is 12.8 Å². The van der Waals surface area contributed by atoms with Gasteiger partial charge in [-0.1, -0.05) is 0 Å². The van der Waals surface area contributed by atoms with Gasteiger partial charge in [0.1, 0.15) is 0 Å². The van der Waals surface area contributed by atoms with E-state index < -0.39 is 5.92 Å². The second-order valence-electron chi connectivity index (χ2n) is 4.96. The number of nitrogens with one attached hydrogen (secondary N) is 1. The quantitative estimate of drug-likeness (QED) is 0.926. The van der Waals surface area contributed by atoms with Gasteiger partial charge in [0, 0.05) is 19.9 Å². The maximum Gasteiger partial charge on any atom is 0.248 e. The van der Waals surface area contributed by atoms with Gasteiger partial charge in [0.2, 0.25) is 5.92 Å². The molecule has 1 fully saturated rings. The molecule has 1 unspecified atom stereocenters. The van der Waals surface area contributed by atoms with Gasteiger partial charge < -0.3 is 5.32 Å². The molecule has 1 N–H and O–H groups in total. The van der Waals surface area contributed by atoms with Gasteiger partial charge in [-0.2, -0.15) is 5.10 Å². The van der Waals surface area contributed by atoms with Crippen molar-refractivity contribution >= 4 is 15.9 Å². The molecule has 1 aliphatic carbocycles. The van der Waals surface area contributed by atoms with E-state index in [-0.39, 0.29) is 24.8 Å². The fraction of sp³-hybridized carbons (Fsp3) is 0.750. The van der Waals surface area contributed by atoms with Crippen molar-refractivity contribution in [3.05, 3.63) is 16.4 Å². The molecule has 2 rings (SSSR count). The Labute approximate surface area is 114 Å². The van der Waals surface area contributed by atoms with Crippen LogP contribution in [0.15, 0.2) is 10.7 Å². The monoisotopic (exact) mass is 321 g/mol. The first-order valence-electron chi connectivity index (χ1n) is 6.17. The maximum absolute atomic E-state index is 13.2. The average molecular weight is 322 g/mol. The van der Waals surface area contributed by atoms with E-state index in [4.69, 9.17) is 0 Å². The van der Waals surface area contributed by atoms with Crippen molar-refractivity contribution in [1.82, 2.24) is 15.1 Å². The van der Waals surface area contributed by atoms with Gasteiger partial charge in [-0.05, 0) is 41.7 Å². The van der Waals surface area contributed by atoms with Gasteiger partial charge in [0.25, 0.3) is 0 Å². The lowest BCUT2D eigenvalue weighted by Gasteiger charge is -2.33. The molecule has 0 amide bonds. The molecule has 18 heavy (non-hydrogen) atoms. The Morgan fingerprint density at radius 2 is 2.11 bits per heavy atom. The van der Waals surface area contributed by atoms with Crippen molar-refractivity contribution in [2.45, 2.75) is 37.6 Å². The third-order valence-electron chi connectivity index (χ3n) is 3.78. The number of alkyl halides is 2. The van der Waals surface area contributed by atoms with Crippen LogP contribution in [-0.4, -0.2) is 22.8 Å². The second kappa shape index (κ2) is 5.25. The van der Waals surface area contributed by atoms with Crippen molar-refractivity contribution in [2.75, 3.05) is 7.05 Å². The lowest BCUT2D eigenvalue weighted by molar-refractivity contribution is -0.0498. The van der Waals surface area contributed by atoms with Crippen molar-refractivity contribution in [1.29, 1.82) is 0 Å².